The second-order valence-electron chi connectivity index (χ2n) is 6.42. The Morgan fingerprint density at radius 1 is 1.40 bits per heavy atom. The van der Waals surface area contributed by atoms with E-state index in [1.54, 1.807) is 0 Å². The molecule has 0 aliphatic carbocycles. The van der Waals surface area contributed by atoms with E-state index in [-0.39, 0.29) is 5.97 Å². The van der Waals surface area contributed by atoms with Gasteiger partial charge in [-0.25, -0.2) is 0 Å². The highest BCUT2D eigenvalue weighted by Gasteiger charge is 2.40. The molecule has 2 rings (SSSR count). The SMILES string of the molecule is CC(C)(C)C(=O)OC1(c2cccc(Br)c2)CCCNC1. The predicted octanol–water partition coefficient (Wildman–Crippen LogP) is 3.62. The second kappa shape index (κ2) is 5.86. The first-order chi connectivity index (χ1) is 9.33. The number of hydrogen-bond acceptors (Lipinski definition) is 3. The van der Waals surface area contributed by atoms with E-state index in [9.17, 15) is 4.79 Å². The number of hydrogen-bond donors (Lipinski definition) is 1. The van der Waals surface area contributed by atoms with Crippen molar-refractivity contribution in [3.63, 3.8) is 0 Å². The van der Waals surface area contributed by atoms with Crippen LogP contribution >= 0.6 is 15.9 Å². The average Bonchev–Trinajstić information content (AvgIpc) is 2.38. The molecule has 0 aromatic heterocycles. The maximum atomic E-state index is 12.3. The van der Waals surface area contributed by atoms with Crippen LogP contribution in [0.5, 0.6) is 0 Å². The fourth-order valence-electron chi connectivity index (χ4n) is 2.37. The van der Waals surface area contributed by atoms with E-state index in [1.807, 2.05) is 45.0 Å². The number of carbonyl (C=O) groups excluding carboxylic acids is 1. The first-order valence-corrected chi connectivity index (χ1v) is 7.83. The molecule has 1 fully saturated rings. The lowest BCUT2D eigenvalue weighted by atomic mass is 9.85. The molecular formula is C16H22BrNO2. The molecule has 1 saturated heterocycles. The normalized spacial score (nSPS) is 23.4. The van der Waals surface area contributed by atoms with Gasteiger partial charge < -0.3 is 10.1 Å². The summed E-state index contributed by atoms with van der Waals surface area (Å²) < 4.78 is 6.97. The molecule has 0 saturated carbocycles. The zero-order valence-electron chi connectivity index (χ0n) is 12.3. The number of piperidine rings is 1. The maximum absolute atomic E-state index is 12.3. The largest absolute Gasteiger partial charge is 0.452 e. The van der Waals surface area contributed by atoms with Crippen molar-refractivity contribution in [2.45, 2.75) is 39.2 Å². The Balaban J connectivity index is 2.33. The standard InChI is InChI=1S/C16H22BrNO2/c1-15(2,3)14(19)20-16(8-5-9-18-11-16)12-6-4-7-13(17)10-12/h4,6-7,10,18H,5,8-9,11H2,1-3H3. The van der Waals surface area contributed by atoms with Gasteiger partial charge in [0.05, 0.1) is 5.41 Å². The van der Waals surface area contributed by atoms with Gasteiger partial charge >= 0.3 is 5.97 Å². The summed E-state index contributed by atoms with van der Waals surface area (Å²) in [6, 6.07) is 8.05. The van der Waals surface area contributed by atoms with E-state index < -0.39 is 11.0 Å². The van der Waals surface area contributed by atoms with Gasteiger partial charge in [-0.05, 0) is 57.9 Å². The topological polar surface area (TPSA) is 38.3 Å². The molecule has 1 unspecified atom stereocenters. The van der Waals surface area contributed by atoms with Gasteiger partial charge in [0.1, 0.15) is 5.60 Å². The first-order valence-electron chi connectivity index (χ1n) is 7.04. The summed E-state index contributed by atoms with van der Waals surface area (Å²) in [5, 5.41) is 3.36. The predicted molar refractivity (Wildman–Crippen MR) is 83.5 cm³/mol. The van der Waals surface area contributed by atoms with E-state index in [2.05, 4.69) is 21.2 Å². The van der Waals surface area contributed by atoms with Crippen LogP contribution in [0, 0.1) is 5.41 Å². The van der Waals surface area contributed by atoms with E-state index in [0.29, 0.717) is 6.54 Å². The Morgan fingerprint density at radius 3 is 2.70 bits per heavy atom. The smallest absolute Gasteiger partial charge is 0.312 e. The van der Waals surface area contributed by atoms with E-state index in [4.69, 9.17) is 4.74 Å². The molecule has 0 amide bonds. The van der Waals surface area contributed by atoms with E-state index in [1.165, 1.54) is 0 Å². The molecule has 20 heavy (non-hydrogen) atoms. The third-order valence-electron chi connectivity index (χ3n) is 3.60. The summed E-state index contributed by atoms with van der Waals surface area (Å²) in [6.45, 7) is 7.31. The van der Waals surface area contributed by atoms with Gasteiger partial charge in [0.2, 0.25) is 0 Å². The van der Waals surface area contributed by atoms with E-state index in [0.717, 1.165) is 29.4 Å². The van der Waals surface area contributed by atoms with Crippen molar-refractivity contribution in [1.29, 1.82) is 0 Å². The Kier molecular flexibility index (Phi) is 4.55. The van der Waals surface area contributed by atoms with Gasteiger partial charge in [-0.15, -0.1) is 0 Å². The van der Waals surface area contributed by atoms with Gasteiger partial charge in [-0.2, -0.15) is 0 Å². The molecule has 110 valence electrons. The van der Waals surface area contributed by atoms with Gasteiger partial charge in [-0.3, -0.25) is 4.79 Å². The van der Waals surface area contributed by atoms with Crippen LogP contribution in [0.15, 0.2) is 28.7 Å². The van der Waals surface area contributed by atoms with E-state index >= 15 is 0 Å². The first kappa shape index (κ1) is 15.5. The lowest BCUT2D eigenvalue weighted by molar-refractivity contribution is -0.173. The van der Waals surface area contributed by atoms with Gasteiger partial charge in [-0.1, -0.05) is 28.1 Å². The van der Waals surface area contributed by atoms with Gasteiger partial charge in [0.15, 0.2) is 0 Å². The van der Waals surface area contributed by atoms with Crippen LogP contribution in [-0.2, 0) is 15.1 Å². The van der Waals surface area contributed by atoms with Crippen molar-refractivity contribution < 1.29 is 9.53 Å². The molecule has 1 aromatic rings. The summed E-state index contributed by atoms with van der Waals surface area (Å²) in [5.74, 6) is -0.152. The number of halogens is 1. The lowest BCUT2D eigenvalue weighted by Crippen LogP contribution is -2.48. The van der Waals surface area contributed by atoms with Crippen molar-refractivity contribution in [3.05, 3.63) is 34.3 Å². The molecule has 1 aliphatic heterocycles. The van der Waals surface area contributed by atoms with Crippen LogP contribution in [0.25, 0.3) is 0 Å². The molecule has 1 heterocycles. The molecule has 0 bridgehead atoms. The summed E-state index contributed by atoms with van der Waals surface area (Å²) in [7, 11) is 0. The molecule has 3 nitrogen and oxygen atoms in total. The average molecular weight is 340 g/mol. The summed E-state index contributed by atoms with van der Waals surface area (Å²) in [4.78, 5) is 12.3. The zero-order valence-corrected chi connectivity index (χ0v) is 13.9. The third-order valence-corrected chi connectivity index (χ3v) is 4.09. The fraction of sp³-hybridized carbons (Fsp3) is 0.562. The van der Waals surface area contributed by atoms with Crippen LogP contribution < -0.4 is 5.32 Å². The monoisotopic (exact) mass is 339 g/mol. The van der Waals surface area contributed by atoms with Crippen molar-refractivity contribution in [1.82, 2.24) is 5.32 Å². The van der Waals surface area contributed by atoms with Crippen LogP contribution in [-0.4, -0.2) is 19.1 Å². The third kappa shape index (κ3) is 3.41. The molecule has 0 radical (unpaired) electrons. The highest BCUT2D eigenvalue weighted by atomic mass is 79.9. The number of esters is 1. The number of benzene rings is 1. The Labute approximate surface area is 129 Å². The summed E-state index contributed by atoms with van der Waals surface area (Å²) in [5.41, 5.74) is 0.0136. The van der Waals surface area contributed by atoms with Crippen LogP contribution in [0.2, 0.25) is 0 Å². The Hall–Kier alpha value is -0.870. The zero-order chi connectivity index (χ0) is 14.8. The number of rotatable bonds is 2. The summed E-state index contributed by atoms with van der Waals surface area (Å²) >= 11 is 3.50. The molecule has 0 spiro atoms. The summed E-state index contributed by atoms with van der Waals surface area (Å²) in [6.07, 6.45) is 1.86. The van der Waals surface area contributed by atoms with Crippen molar-refractivity contribution >= 4 is 21.9 Å². The van der Waals surface area contributed by atoms with Gasteiger partial charge in [0, 0.05) is 11.0 Å². The van der Waals surface area contributed by atoms with Crippen molar-refractivity contribution in [2.24, 2.45) is 5.41 Å². The fourth-order valence-corrected chi connectivity index (χ4v) is 2.77. The number of nitrogens with one attached hydrogen (secondary N) is 1. The maximum Gasteiger partial charge on any atom is 0.312 e. The molecule has 1 atom stereocenters. The van der Waals surface area contributed by atoms with Crippen molar-refractivity contribution in [3.8, 4) is 0 Å². The Bertz CT molecular complexity index is 487. The minimum absolute atomic E-state index is 0.152. The highest BCUT2D eigenvalue weighted by Crippen LogP contribution is 2.36. The van der Waals surface area contributed by atoms with Crippen LogP contribution in [0.1, 0.15) is 39.2 Å². The second-order valence-corrected chi connectivity index (χ2v) is 7.34. The quantitative estimate of drug-likeness (QED) is 0.836. The van der Waals surface area contributed by atoms with Crippen molar-refractivity contribution in [2.75, 3.05) is 13.1 Å². The number of carbonyl (C=O) groups is 1. The molecule has 1 aromatic carbocycles. The molecule has 1 aliphatic rings. The van der Waals surface area contributed by atoms with Crippen LogP contribution in [0.3, 0.4) is 0 Å². The minimum Gasteiger partial charge on any atom is -0.452 e. The molecule has 4 heteroatoms. The highest BCUT2D eigenvalue weighted by molar-refractivity contribution is 9.10. The Morgan fingerprint density at radius 2 is 2.15 bits per heavy atom. The van der Waals surface area contributed by atoms with Gasteiger partial charge in [0.25, 0.3) is 0 Å². The molecule has 1 N–H and O–H groups in total. The molecular weight excluding hydrogens is 318 g/mol. The van der Waals surface area contributed by atoms with Crippen LogP contribution in [0.4, 0.5) is 0 Å². The lowest BCUT2D eigenvalue weighted by Gasteiger charge is -2.39. The minimum atomic E-state index is -0.549. The number of ether oxygens (including phenoxy) is 1.